The van der Waals surface area contributed by atoms with E-state index in [4.69, 9.17) is 0 Å². The molecule has 1 aromatic carbocycles. The Bertz CT molecular complexity index is 1170. The van der Waals surface area contributed by atoms with Crippen LogP contribution in [0.15, 0.2) is 17.0 Å². The van der Waals surface area contributed by atoms with Crippen LogP contribution in [0.25, 0.3) is 0 Å². The first-order chi connectivity index (χ1) is 17.6. The predicted octanol–water partition coefficient (Wildman–Crippen LogP) is 6.39. The van der Waals surface area contributed by atoms with Gasteiger partial charge in [-0.25, -0.2) is 8.42 Å². The van der Waals surface area contributed by atoms with Crippen LogP contribution in [0, 0.1) is 42.9 Å². The summed E-state index contributed by atoms with van der Waals surface area (Å²) >= 11 is 2.68. The van der Waals surface area contributed by atoms with Crippen LogP contribution in [0.5, 0.6) is 0 Å². The van der Waals surface area contributed by atoms with Crippen molar-refractivity contribution < 1.29 is 13.2 Å². The maximum absolute atomic E-state index is 14.1. The number of nitrogens with zero attached hydrogens (tertiary/aromatic N) is 1. The first-order valence-electron chi connectivity index (χ1n) is 14.7. The quantitative estimate of drug-likeness (QED) is 0.300. The molecule has 1 saturated heterocycles. The van der Waals surface area contributed by atoms with E-state index in [1.54, 1.807) is 10.4 Å². The number of carbonyl (C=O) groups excluding carboxylic acids is 1. The first kappa shape index (κ1) is 26.5. The Labute approximate surface area is 237 Å². The molecule has 6 unspecified atom stereocenters. The molecule has 0 spiro atoms. The van der Waals surface area contributed by atoms with Crippen LogP contribution in [0.4, 0.5) is 0 Å². The molecule has 6 fully saturated rings. The van der Waals surface area contributed by atoms with Crippen molar-refractivity contribution in [2.24, 2.45) is 29.1 Å². The number of nitrogens with one attached hydrogen (secondary N) is 1. The van der Waals surface area contributed by atoms with Gasteiger partial charge in [0.05, 0.1) is 4.90 Å². The molecule has 1 aliphatic heterocycles. The number of sulfonamides is 1. The number of amides is 1. The highest BCUT2D eigenvalue weighted by Crippen LogP contribution is 2.63. The normalized spacial score (nSPS) is 38.3. The Kier molecular flexibility index (Phi) is 7.00. The van der Waals surface area contributed by atoms with E-state index in [2.05, 4.69) is 34.8 Å². The van der Waals surface area contributed by atoms with Crippen LogP contribution in [0.1, 0.15) is 99.0 Å². The summed E-state index contributed by atoms with van der Waals surface area (Å²) in [5, 5.41) is 3.38. The molecule has 5 nitrogen and oxygen atoms in total. The van der Waals surface area contributed by atoms with Gasteiger partial charge in [-0.1, -0.05) is 35.4 Å². The maximum Gasteiger partial charge on any atom is 0.251 e. The van der Waals surface area contributed by atoms with Gasteiger partial charge in [0.2, 0.25) is 10.0 Å². The van der Waals surface area contributed by atoms with Crippen LogP contribution >= 0.6 is 22.6 Å². The molecular weight excluding hydrogens is 595 g/mol. The third kappa shape index (κ3) is 4.41. The lowest BCUT2D eigenvalue weighted by atomic mass is 9.48. The predicted molar refractivity (Wildman–Crippen MR) is 156 cm³/mol. The summed E-state index contributed by atoms with van der Waals surface area (Å²) in [6.45, 7) is 6.63. The number of fused-ring (bicyclic) bond motifs is 1. The van der Waals surface area contributed by atoms with Crippen molar-refractivity contribution in [1.82, 2.24) is 9.62 Å². The summed E-state index contributed by atoms with van der Waals surface area (Å²) in [4.78, 5) is 14.0. The summed E-state index contributed by atoms with van der Waals surface area (Å²) in [6.07, 6.45) is 13.0. The zero-order valence-corrected chi connectivity index (χ0v) is 25.6. The lowest BCUT2D eigenvalue weighted by molar-refractivity contribution is -0.0562. The largest absolute Gasteiger partial charge is 0.349 e. The van der Waals surface area contributed by atoms with Gasteiger partial charge in [0.25, 0.3) is 5.91 Å². The Morgan fingerprint density at radius 1 is 1.03 bits per heavy atom. The SMILES string of the molecule is Cc1cc(C(=O)NC(C)C23CC4CC(CC(C4)C2I)C3)cc(S(=O)(=O)N2CCCC3CCCCC32)c1C. The Morgan fingerprint density at radius 3 is 2.43 bits per heavy atom. The topological polar surface area (TPSA) is 66.5 Å². The Morgan fingerprint density at radius 2 is 1.70 bits per heavy atom. The van der Waals surface area contributed by atoms with Gasteiger partial charge in [0.1, 0.15) is 0 Å². The molecule has 7 heteroatoms. The minimum absolute atomic E-state index is 0.0852. The van der Waals surface area contributed by atoms with Crippen LogP contribution in [0.2, 0.25) is 0 Å². The van der Waals surface area contributed by atoms with Gasteiger partial charge in [0.15, 0.2) is 0 Å². The third-order valence-corrected chi connectivity index (χ3v) is 15.4. The monoisotopic (exact) mass is 638 g/mol. The zero-order chi connectivity index (χ0) is 26.1. The van der Waals surface area contributed by atoms with Gasteiger partial charge in [-0.05, 0) is 125 Å². The minimum Gasteiger partial charge on any atom is -0.349 e. The van der Waals surface area contributed by atoms with Gasteiger partial charge >= 0.3 is 0 Å². The van der Waals surface area contributed by atoms with E-state index in [1.165, 1.54) is 38.5 Å². The molecule has 7 rings (SSSR count). The van der Waals surface area contributed by atoms with Crippen LogP contribution in [0.3, 0.4) is 0 Å². The summed E-state index contributed by atoms with van der Waals surface area (Å²) in [5.41, 5.74) is 2.30. The fourth-order valence-corrected chi connectivity index (χ4v) is 13.0. The first-order valence-corrected chi connectivity index (χ1v) is 17.4. The highest BCUT2D eigenvalue weighted by molar-refractivity contribution is 14.1. The summed E-state index contributed by atoms with van der Waals surface area (Å²) in [5.74, 6) is 2.77. The van der Waals surface area contributed by atoms with Crippen molar-refractivity contribution in [2.45, 2.75) is 112 Å². The number of piperidine rings is 1. The minimum atomic E-state index is -3.66. The number of halogens is 1. The number of carbonyl (C=O) groups is 1. The number of hydrogen-bond acceptors (Lipinski definition) is 3. The van der Waals surface area contributed by atoms with Gasteiger partial charge in [-0.2, -0.15) is 4.31 Å². The van der Waals surface area contributed by atoms with E-state index in [-0.39, 0.29) is 23.4 Å². The molecule has 4 bridgehead atoms. The lowest BCUT2D eigenvalue weighted by Gasteiger charge is -2.61. The van der Waals surface area contributed by atoms with Gasteiger partial charge in [-0.15, -0.1) is 0 Å². The van der Waals surface area contributed by atoms with E-state index in [0.717, 1.165) is 61.0 Å². The third-order valence-electron chi connectivity index (χ3n) is 11.1. The Balaban J connectivity index is 1.27. The molecular formula is C30H43IN2O3S. The van der Waals surface area contributed by atoms with E-state index >= 15 is 0 Å². The van der Waals surface area contributed by atoms with Crippen molar-refractivity contribution in [3.63, 3.8) is 0 Å². The maximum atomic E-state index is 14.1. The van der Waals surface area contributed by atoms with E-state index < -0.39 is 10.0 Å². The van der Waals surface area contributed by atoms with E-state index in [1.807, 2.05) is 19.9 Å². The summed E-state index contributed by atoms with van der Waals surface area (Å²) in [7, 11) is -3.66. The van der Waals surface area contributed by atoms with E-state index in [9.17, 15) is 13.2 Å². The van der Waals surface area contributed by atoms with Crippen molar-refractivity contribution in [3.05, 3.63) is 28.8 Å². The molecule has 5 aliphatic carbocycles. The molecule has 6 aliphatic rings. The highest BCUT2D eigenvalue weighted by atomic mass is 127. The molecule has 0 aromatic heterocycles. The second kappa shape index (κ2) is 9.76. The highest BCUT2D eigenvalue weighted by Gasteiger charge is 2.58. The smallest absolute Gasteiger partial charge is 0.251 e. The molecule has 204 valence electrons. The van der Waals surface area contributed by atoms with E-state index in [0.29, 0.717) is 26.8 Å². The number of aryl methyl sites for hydroxylation is 1. The van der Waals surface area contributed by atoms with Gasteiger partial charge in [0, 0.05) is 33.5 Å². The second-order valence-corrected chi connectivity index (χ2v) is 16.4. The number of alkyl halides is 1. The molecule has 1 N–H and O–H groups in total. The number of hydrogen-bond donors (Lipinski definition) is 1. The summed E-state index contributed by atoms with van der Waals surface area (Å²) in [6, 6.07) is 3.76. The molecule has 1 aromatic rings. The van der Waals surface area contributed by atoms with Gasteiger partial charge < -0.3 is 5.32 Å². The van der Waals surface area contributed by atoms with Crippen molar-refractivity contribution in [2.75, 3.05) is 6.54 Å². The fraction of sp³-hybridized carbons (Fsp3) is 0.767. The van der Waals surface area contributed by atoms with Gasteiger partial charge in [-0.3, -0.25) is 4.79 Å². The van der Waals surface area contributed by atoms with Crippen LogP contribution in [-0.2, 0) is 10.0 Å². The zero-order valence-electron chi connectivity index (χ0n) is 22.6. The van der Waals surface area contributed by atoms with Crippen molar-refractivity contribution in [3.8, 4) is 0 Å². The Hall–Kier alpha value is -0.670. The van der Waals surface area contributed by atoms with Crippen molar-refractivity contribution >= 4 is 38.5 Å². The molecule has 5 saturated carbocycles. The molecule has 1 amide bonds. The number of benzene rings is 1. The summed E-state index contributed by atoms with van der Waals surface area (Å²) < 4.78 is 30.6. The van der Waals surface area contributed by atoms with Crippen LogP contribution in [-0.4, -0.2) is 41.2 Å². The second-order valence-electron chi connectivity index (χ2n) is 13.2. The standard InChI is InChI=1S/C30H43IN2O3S/c1-18-11-25(29(34)32-20(3)30-16-21-12-22(17-30)14-24(13-21)28(30)31)15-27(19(18)2)37(35,36)33-10-6-8-23-7-4-5-9-26(23)33/h11,15,20-24,26,28H,4-10,12-14,16-17H2,1-3H3,(H,32,34). The number of rotatable bonds is 5. The van der Waals surface area contributed by atoms with Crippen LogP contribution < -0.4 is 5.32 Å². The fourth-order valence-electron chi connectivity index (χ4n) is 9.29. The lowest BCUT2D eigenvalue weighted by Crippen LogP contribution is -2.61. The average molecular weight is 639 g/mol. The molecule has 1 heterocycles. The molecule has 37 heavy (non-hydrogen) atoms. The van der Waals surface area contributed by atoms with Crippen molar-refractivity contribution in [1.29, 1.82) is 0 Å². The molecule has 6 atom stereocenters. The average Bonchev–Trinajstić information content (AvgIpc) is 2.87. The molecule has 0 radical (unpaired) electrons.